The van der Waals surface area contributed by atoms with Gasteiger partial charge in [-0.1, -0.05) is 35.0 Å². The number of aromatic nitrogens is 1. The molecule has 0 saturated carbocycles. The van der Waals surface area contributed by atoms with Gasteiger partial charge in [0.25, 0.3) is 15.1 Å². The van der Waals surface area contributed by atoms with Crippen molar-refractivity contribution in [3.05, 3.63) is 48.0 Å². The number of halogens is 1. The second kappa shape index (κ2) is 5.56. The lowest BCUT2D eigenvalue weighted by molar-refractivity contribution is 0.339. The molecule has 7 heteroatoms. The lowest BCUT2D eigenvalue weighted by Crippen LogP contribution is -2.23. The number of sulfonamides is 1. The molecule has 2 aromatic rings. The molecule has 0 aliphatic heterocycles. The maximum atomic E-state index is 11.8. The van der Waals surface area contributed by atoms with Gasteiger partial charge < -0.3 is 4.52 Å². The summed E-state index contributed by atoms with van der Waals surface area (Å²) in [6, 6.07) is 8.20. The van der Waals surface area contributed by atoms with E-state index in [-0.39, 0.29) is 11.6 Å². The zero-order valence-corrected chi connectivity index (χ0v) is 11.4. The maximum Gasteiger partial charge on any atom is 0.277 e. The minimum atomic E-state index is -3.69. The van der Waals surface area contributed by atoms with Crippen LogP contribution >= 0.6 is 11.6 Å². The lowest BCUT2D eigenvalue weighted by Gasteiger charge is -1.98. The van der Waals surface area contributed by atoms with Crippen LogP contribution in [-0.2, 0) is 10.0 Å². The highest BCUT2D eigenvalue weighted by Gasteiger charge is 2.19. The highest BCUT2D eigenvalue weighted by molar-refractivity contribution is 7.89. The number of nitrogens with zero attached hydrogens (tertiary/aromatic N) is 1. The molecule has 0 aliphatic rings. The Hall–Kier alpha value is -1.63. The summed E-state index contributed by atoms with van der Waals surface area (Å²) in [7, 11) is -3.69. The zero-order chi connectivity index (χ0) is 13.9. The molecule has 0 radical (unpaired) electrons. The Bertz CT molecular complexity index is 677. The second-order valence-electron chi connectivity index (χ2n) is 3.68. The normalized spacial score (nSPS) is 11.4. The molecule has 0 fully saturated rings. The summed E-state index contributed by atoms with van der Waals surface area (Å²) in [4.78, 5) is 0. The fourth-order valence-electron chi connectivity index (χ4n) is 1.38. The molecule has 100 valence electrons. The third-order valence-electron chi connectivity index (χ3n) is 2.31. The van der Waals surface area contributed by atoms with E-state index in [2.05, 4.69) is 16.5 Å². The third-order valence-corrected chi connectivity index (χ3v) is 3.83. The lowest BCUT2D eigenvalue weighted by atomic mass is 10.2. The molecule has 0 saturated heterocycles. The van der Waals surface area contributed by atoms with E-state index in [9.17, 15) is 8.42 Å². The summed E-state index contributed by atoms with van der Waals surface area (Å²) in [5.41, 5.74) is 1.15. The Balaban J connectivity index is 2.28. The summed E-state index contributed by atoms with van der Waals surface area (Å²) in [5, 5.41) is 4.08. The number of benzene rings is 1. The standard InChI is InChI=1S/C12H11ClN2O3S/c1-2-7-14-19(16,17)12-8-11(15-18-12)9-3-5-10(13)6-4-9/h2-6,8,14H,1,7H2. The first-order valence-corrected chi connectivity index (χ1v) is 7.22. The van der Waals surface area contributed by atoms with E-state index in [1.807, 2.05) is 0 Å². The molecule has 5 nitrogen and oxygen atoms in total. The van der Waals surface area contributed by atoms with Crippen molar-refractivity contribution in [1.82, 2.24) is 9.88 Å². The van der Waals surface area contributed by atoms with E-state index in [1.165, 1.54) is 12.1 Å². The minimum absolute atomic E-state index is 0.124. The Kier molecular flexibility index (Phi) is 4.04. The minimum Gasteiger partial charge on any atom is -0.343 e. The Morgan fingerprint density at radius 1 is 1.37 bits per heavy atom. The van der Waals surface area contributed by atoms with Crippen LogP contribution < -0.4 is 4.72 Å². The topological polar surface area (TPSA) is 72.2 Å². The first kappa shape index (κ1) is 13.8. The molecular formula is C12H11ClN2O3S. The van der Waals surface area contributed by atoms with Crippen LogP contribution in [0.4, 0.5) is 0 Å². The van der Waals surface area contributed by atoms with Gasteiger partial charge in [0.1, 0.15) is 5.69 Å². The van der Waals surface area contributed by atoms with Gasteiger partial charge in [0, 0.05) is 23.2 Å². The molecule has 0 bridgehead atoms. The highest BCUT2D eigenvalue weighted by Crippen LogP contribution is 2.22. The number of hydrogen-bond donors (Lipinski definition) is 1. The van der Waals surface area contributed by atoms with Gasteiger partial charge in [0.05, 0.1) is 0 Å². The van der Waals surface area contributed by atoms with Crippen LogP contribution in [0, 0.1) is 0 Å². The summed E-state index contributed by atoms with van der Waals surface area (Å²) in [6.07, 6.45) is 1.44. The van der Waals surface area contributed by atoms with Crippen molar-refractivity contribution >= 4 is 21.6 Å². The second-order valence-corrected chi connectivity index (χ2v) is 5.81. The Labute approximate surface area is 115 Å². The number of nitrogens with one attached hydrogen (secondary N) is 1. The molecule has 2 rings (SSSR count). The van der Waals surface area contributed by atoms with Crippen LogP contribution in [0.25, 0.3) is 11.3 Å². The molecule has 0 amide bonds. The molecule has 0 spiro atoms. The van der Waals surface area contributed by atoms with Crippen molar-refractivity contribution < 1.29 is 12.9 Å². The van der Waals surface area contributed by atoms with Crippen LogP contribution in [-0.4, -0.2) is 20.1 Å². The van der Waals surface area contributed by atoms with E-state index in [1.54, 1.807) is 24.3 Å². The van der Waals surface area contributed by atoms with Crippen LogP contribution in [0.15, 0.2) is 52.6 Å². The van der Waals surface area contributed by atoms with Gasteiger partial charge in [0.15, 0.2) is 0 Å². The third kappa shape index (κ3) is 3.23. The average Bonchev–Trinajstić information content (AvgIpc) is 2.88. The Morgan fingerprint density at radius 3 is 2.68 bits per heavy atom. The van der Waals surface area contributed by atoms with Gasteiger partial charge in [-0.15, -0.1) is 6.58 Å². The van der Waals surface area contributed by atoms with Crippen molar-refractivity contribution in [2.75, 3.05) is 6.54 Å². The Morgan fingerprint density at radius 2 is 2.05 bits per heavy atom. The van der Waals surface area contributed by atoms with Crippen molar-refractivity contribution in [2.45, 2.75) is 5.09 Å². The zero-order valence-electron chi connectivity index (χ0n) is 9.84. The SMILES string of the molecule is C=CCNS(=O)(=O)c1cc(-c2ccc(Cl)cc2)no1. The smallest absolute Gasteiger partial charge is 0.277 e. The van der Waals surface area contributed by atoms with E-state index < -0.39 is 10.0 Å². The van der Waals surface area contributed by atoms with E-state index in [0.717, 1.165) is 5.56 Å². The van der Waals surface area contributed by atoms with Crippen LogP contribution in [0.3, 0.4) is 0 Å². The summed E-state index contributed by atoms with van der Waals surface area (Å²) in [5.74, 6) is 0. The molecular weight excluding hydrogens is 288 g/mol. The number of hydrogen-bond acceptors (Lipinski definition) is 4. The molecule has 1 heterocycles. The van der Waals surface area contributed by atoms with Crippen molar-refractivity contribution in [3.8, 4) is 11.3 Å². The molecule has 1 aromatic carbocycles. The predicted molar refractivity (Wildman–Crippen MR) is 72.3 cm³/mol. The summed E-state index contributed by atoms with van der Waals surface area (Å²) >= 11 is 5.78. The van der Waals surface area contributed by atoms with Crippen LogP contribution in [0.1, 0.15) is 0 Å². The molecule has 0 atom stereocenters. The summed E-state index contributed by atoms with van der Waals surface area (Å²) < 4.78 is 30.7. The van der Waals surface area contributed by atoms with Crippen molar-refractivity contribution in [1.29, 1.82) is 0 Å². The van der Waals surface area contributed by atoms with Crippen LogP contribution in [0.5, 0.6) is 0 Å². The molecule has 1 aromatic heterocycles. The van der Waals surface area contributed by atoms with Gasteiger partial charge >= 0.3 is 0 Å². The van der Waals surface area contributed by atoms with Gasteiger partial charge in [-0.25, -0.2) is 13.1 Å². The first-order chi connectivity index (χ1) is 9.03. The van der Waals surface area contributed by atoms with Gasteiger partial charge in [-0.05, 0) is 12.1 Å². The van der Waals surface area contributed by atoms with Crippen molar-refractivity contribution in [3.63, 3.8) is 0 Å². The van der Waals surface area contributed by atoms with Gasteiger partial charge in [-0.2, -0.15) is 0 Å². The average molecular weight is 299 g/mol. The quantitative estimate of drug-likeness (QED) is 0.861. The monoisotopic (exact) mass is 298 g/mol. The largest absolute Gasteiger partial charge is 0.343 e. The fraction of sp³-hybridized carbons (Fsp3) is 0.0833. The highest BCUT2D eigenvalue weighted by atomic mass is 35.5. The summed E-state index contributed by atoms with van der Waals surface area (Å²) in [6.45, 7) is 3.56. The molecule has 0 aliphatic carbocycles. The maximum absolute atomic E-state index is 11.8. The van der Waals surface area contributed by atoms with Gasteiger partial charge in [-0.3, -0.25) is 0 Å². The van der Waals surface area contributed by atoms with Crippen LogP contribution in [0.2, 0.25) is 5.02 Å². The number of rotatable bonds is 5. The molecule has 0 unspecified atom stereocenters. The fourth-order valence-corrected chi connectivity index (χ4v) is 2.39. The predicted octanol–water partition coefficient (Wildman–Crippen LogP) is 2.46. The first-order valence-electron chi connectivity index (χ1n) is 5.36. The van der Waals surface area contributed by atoms with E-state index >= 15 is 0 Å². The molecule has 19 heavy (non-hydrogen) atoms. The van der Waals surface area contributed by atoms with E-state index in [4.69, 9.17) is 16.1 Å². The van der Waals surface area contributed by atoms with Gasteiger partial charge in [0.2, 0.25) is 0 Å². The van der Waals surface area contributed by atoms with Crippen molar-refractivity contribution in [2.24, 2.45) is 0 Å². The van der Waals surface area contributed by atoms with E-state index in [0.29, 0.717) is 10.7 Å². The molecule has 1 N–H and O–H groups in total.